The van der Waals surface area contributed by atoms with Gasteiger partial charge in [-0.2, -0.15) is 4.68 Å². The van der Waals surface area contributed by atoms with Crippen LogP contribution < -0.4 is 5.76 Å². The Bertz CT molecular complexity index is 809. The lowest BCUT2D eigenvalue weighted by Gasteiger charge is -2.09. The number of rotatable bonds is 4. The molecular formula is C16H13ClN2O3. The van der Waals surface area contributed by atoms with Crippen molar-refractivity contribution in [2.24, 2.45) is 0 Å². The van der Waals surface area contributed by atoms with Crippen LogP contribution in [0.5, 0.6) is 0 Å². The molecule has 6 heteroatoms. The van der Waals surface area contributed by atoms with Gasteiger partial charge in [-0.15, -0.1) is 5.10 Å². The predicted molar refractivity (Wildman–Crippen MR) is 82.6 cm³/mol. The first-order valence-corrected chi connectivity index (χ1v) is 7.08. The summed E-state index contributed by atoms with van der Waals surface area (Å²) in [6.45, 7) is 0.0107. The molecule has 1 aromatic heterocycles. The topological polar surface area (TPSA) is 68.3 Å². The second-order valence-electron chi connectivity index (χ2n) is 4.79. The van der Waals surface area contributed by atoms with Crippen molar-refractivity contribution in [3.05, 3.63) is 75.7 Å². The normalized spacial score (nSPS) is 12.3. The van der Waals surface area contributed by atoms with Crippen LogP contribution >= 0.6 is 11.6 Å². The van der Waals surface area contributed by atoms with E-state index >= 15 is 0 Å². The van der Waals surface area contributed by atoms with E-state index in [-0.39, 0.29) is 12.4 Å². The van der Waals surface area contributed by atoms with Gasteiger partial charge in [0.05, 0.1) is 12.6 Å². The van der Waals surface area contributed by atoms with E-state index in [1.807, 2.05) is 18.2 Å². The minimum Gasteiger partial charge on any atom is -0.388 e. The van der Waals surface area contributed by atoms with Crippen LogP contribution in [0.2, 0.25) is 5.02 Å². The number of hydrogen-bond acceptors (Lipinski definition) is 4. The maximum atomic E-state index is 11.8. The molecule has 0 aliphatic carbocycles. The first-order valence-electron chi connectivity index (χ1n) is 6.70. The lowest BCUT2D eigenvalue weighted by atomic mass is 10.1. The van der Waals surface area contributed by atoms with Crippen LogP contribution in [0.15, 0.2) is 63.8 Å². The highest BCUT2D eigenvalue weighted by Gasteiger charge is 2.15. The monoisotopic (exact) mass is 316 g/mol. The number of hydrogen-bond donors (Lipinski definition) is 1. The van der Waals surface area contributed by atoms with E-state index in [1.54, 1.807) is 36.4 Å². The van der Waals surface area contributed by atoms with Gasteiger partial charge in [0, 0.05) is 10.6 Å². The molecule has 0 fully saturated rings. The van der Waals surface area contributed by atoms with E-state index in [2.05, 4.69) is 5.10 Å². The van der Waals surface area contributed by atoms with Crippen LogP contribution in [0, 0.1) is 0 Å². The fourth-order valence-electron chi connectivity index (χ4n) is 2.07. The zero-order valence-electron chi connectivity index (χ0n) is 11.5. The molecule has 1 atom stereocenters. The minimum atomic E-state index is -0.872. The van der Waals surface area contributed by atoms with E-state index < -0.39 is 11.9 Å². The molecule has 0 amide bonds. The van der Waals surface area contributed by atoms with Crippen LogP contribution in [0.4, 0.5) is 0 Å². The van der Waals surface area contributed by atoms with E-state index in [4.69, 9.17) is 16.0 Å². The van der Waals surface area contributed by atoms with Crippen LogP contribution in [0.3, 0.4) is 0 Å². The summed E-state index contributed by atoms with van der Waals surface area (Å²) in [7, 11) is 0. The lowest BCUT2D eigenvalue weighted by molar-refractivity contribution is 0.148. The van der Waals surface area contributed by atoms with Gasteiger partial charge in [0.25, 0.3) is 0 Å². The quantitative estimate of drug-likeness (QED) is 0.803. The lowest BCUT2D eigenvalue weighted by Crippen LogP contribution is -2.20. The van der Waals surface area contributed by atoms with E-state index in [0.717, 1.165) is 4.68 Å². The number of aromatic nitrogens is 2. The largest absolute Gasteiger partial charge is 0.437 e. The van der Waals surface area contributed by atoms with E-state index in [0.29, 0.717) is 16.1 Å². The Labute approximate surface area is 131 Å². The molecule has 0 unspecified atom stereocenters. The summed E-state index contributed by atoms with van der Waals surface area (Å²) in [5, 5.41) is 14.9. The van der Waals surface area contributed by atoms with Crippen molar-refractivity contribution < 1.29 is 9.52 Å². The summed E-state index contributed by atoms with van der Waals surface area (Å²) in [6.07, 6.45) is -0.872. The summed E-state index contributed by atoms with van der Waals surface area (Å²) in [6, 6.07) is 15.9. The van der Waals surface area contributed by atoms with E-state index in [1.165, 1.54) is 0 Å². The molecule has 0 spiro atoms. The molecule has 1 heterocycles. The number of aliphatic hydroxyl groups is 1. The van der Waals surface area contributed by atoms with Crippen molar-refractivity contribution >= 4 is 11.6 Å². The Balaban J connectivity index is 1.82. The van der Waals surface area contributed by atoms with Gasteiger partial charge in [-0.05, 0) is 29.8 Å². The molecule has 0 saturated heterocycles. The smallest absolute Gasteiger partial charge is 0.388 e. The molecule has 0 aliphatic heterocycles. The third kappa shape index (κ3) is 3.10. The first-order chi connectivity index (χ1) is 10.6. The highest BCUT2D eigenvalue weighted by Crippen LogP contribution is 2.18. The Hall–Kier alpha value is -2.37. The summed E-state index contributed by atoms with van der Waals surface area (Å²) in [4.78, 5) is 11.8. The van der Waals surface area contributed by atoms with Gasteiger partial charge in [-0.25, -0.2) is 4.79 Å². The van der Waals surface area contributed by atoms with Crippen LogP contribution in [0.25, 0.3) is 11.5 Å². The Morgan fingerprint density at radius 3 is 2.50 bits per heavy atom. The molecule has 0 bridgehead atoms. The van der Waals surface area contributed by atoms with Gasteiger partial charge in [0.2, 0.25) is 5.89 Å². The molecule has 112 valence electrons. The molecule has 22 heavy (non-hydrogen) atoms. The molecule has 3 aromatic rings. The number of aliphatic hydroxyl groups excluding tert-OH is 1. The third-order valence-electron chi connectivity index (χ3n) is 3.23. The molecule has 0 aliphatic rings. The zero-order chi connectivity index (χ0) is 15.5. The highest BCUT2D eigenvalue weighted by atomic mass is 35.5. The third-order valence-corrected chi connectivity index (χ3v) is 3.48. The maximum Gasteiger partial charge on any atom is 0.437 e. The average molecular weight is 317 g/mol. The molecule has 5 nitrogen and oxygen atoms in total. The second-order valence-corrected chi connectivity index (χ2v) is 5.23. The van der Waals surface area contributed by atoms with Gasteiger partial charge in [-0.3, -0.25) is 0 Å². The van der Waals surface area contributed by atoms with Crippen molar-refractivity contribution in [2.45, 2.75) is 12.6 Å². The maximum absolute atomic E-state index is 11.8. The molecule has 1 N–H and O–H groups in total. The molecular weight excluding hydrogens is 304 g/mol. The predicted octanol–water partition coefficient (Wildman–Crippen LogP) is 2.89. The fourth-order valence-corrected chi connectivity index (χ4v) is 2.20. The molecule has 0 radical (unpaired) electrons. The Morgan fingerprint density at radius 1 is 1.14 bits per heavy atom. The molecule has 3 rings (SSSR count). The Kier molecular flexibility index (Phi) is 4.09. The SMILES string of the molecule is O=c1oc(-c2ccccc2)nn1C[C@H](O)c1ccc(Cl)cc1. The first kappa shape index (κ1) is 14.6. The fraction of sp³-hybridized carbons (Fsp3) is 0.125. The van der Waals surface area contributed by atoms with Crippen LogP contribution in [-0.4, -0.2) is 14.9 Å². The molecule has 2 aromatic carbocycles. The number of halogens is 1. The van der Waals surface area contributed by atoms with Gasteiger partial charge in [0.1, 0.15) is 0 Å². The van der Waals surface area contributed by atoms with Crippen molar-refractivity contribution in [1.29, 1.82) is 0 Å². The average Bonchev–Trinajstić information content (AvgIpc) is 2.90. The van der Waals surface area contributed by atoms with Crippen LogP contribution in [0.1, 0.15) is 11.7 Å². The summed E-state index contributed by atoms with van der Waals surface area (Å²) < 4.78 is 6.23. The van der Waals surface area contributed by atoms with Crippen molar-refractivity contribution in [3.8, 4) is 11.5 Å². The van der Waals surface area contributed by atoms with Gasteiger partial charge in [0.15, 0.2) is 0 Å². The second kappa shape index (κ2) is 6.17. The molecule has 0 saturated carbocycles. The van der Waals surface area contributed by atoms with Crippen molar-refractivity contribution in [3.63, 3.8) is 0 Å². The van der Waals surface area contributed by atoms with Crippen molar-refractivity contribution in [1.82, 2.24) is 9.78 Å². The number of nitrogens with zero attached hydrogens (tertiary/aromatic N) is 2. The number of benzene rings is 2. The Morgan fingerprint density at radius 2 is 1.82 bits per heavy atom. The van der Waals surface area contributed by atoms with Gasteiger partial charge >= 0.3 is 5.76 Å². The van der Waals surface area contributed by atoms with Crippen molar-refractivity contribution in [2.75, 3.05) is 0 Å². The zero-order valence-corrected chi connectivity index (χ0v) is 12.3. The van der Waals surface area contributed by atoms with Crippen LogP contribution in [-0.2, 0) is 6.54 Å². The van der Waals surface area contributed by atoms with Gasteiger partial charge in [-0.1, -0.05) is 41.9 Å². The summed E-state index contributed by atoms with van der Waals surface area (Å²) in [5.74, 6) is -0.374. The minimum absolute atomic E-state index is 0.0107. The summed E-state index contributed by atoms with van der Waals surface area (Å²) >= 11 is 5.81. The highest BCUT2D eigenvalue weighted by molar-refractivity contribution is 6.30. The van der Waals surface area contributed by atoms with Gasteiger partial charge < -0.3 is 9.52 Å². The standard InChI is InChI=1S/C16H13ClN2O3/c17-13-8-6-11(7-9-13)14(20)10-19-16(21)22-15(18-19)12-4-2-1-3-5-12/h1-9,14,20H,10H2/t14-/m0/s1. The van der Waals surface area contributed by atoms with E-state index in [9.17, 15) is 9.90 Å². The summed E-state index contributed by atoms with van der Waals surface area (Å²) in [5.41, 5.74) is 1.36.